The monoisotopic (exact) mass is 231 g/mol. The predicted molar refractivity (Wildman–Crippen MR) is 68.0 cm³/mol. The minimum Gasteiger partial charge on any atom is -0.496 e. The highest BCUT2D eigenvalue weighted by Gasteiger charge is 2.14. The number of benzene rings is 1. The summed E-state index contributed by atoms with van der Waals surface area (Å²) < 4.78 is 5.13. The fourth-order valence-corrected chi connectivity index (χ4v) is 1.55. The zero-order chi connectivity index (χ0) is 12.7. The molecule has 1 amide bonds. The van der Waals surface area contributed by atoms with Gasteiger partial charge in [-0.2, -0.15) is 0 Å². The van der Waals surface area contributed by atoms with Crippen LogP contribution in [0.5, 0.6) is 5.75 Å². The molecule has 0 fully saturated rings. The Balaban J connectivity index is 2.79. The summed E-state index contributed by atoms with van der Waals surface area (Å²) in [5.41, 5.74) is 0.506. The van der Waals surface area contributed by atoms with Crippen LogP contribution in [0.2, 0.25) is 0 Å². The minimum absolute atomic E-state index is 0.196. The van der Waals surface area contributed by atoms with Crippen molar-refractivity contribution in [2.45, 2.75) is 25.8 Å². The zero-order valence-corrected chi connectivity index (χ0v) is 10.2. The highest BCUT2D eigenvalue weighted by Crippen LogP contribution is 2.17. The summed E-state index contributed by atoms with van der Waals surface area (Å²) in [6.45, 7) is 2.03. The molecule has 1 N–H and O–H groups in total. The van der Waals surface area contributed by atoms with E-state index < -0.39 is 0 Å². The van der Waals surface area contributed by atoms with Crippen molar-refractivity contribution in [2.24, 2.45) is 0 Å². The fraction of sp³-hybridized carbons (Fsp3) is 0.357. The maximum Gasteiger partial charge on any atom is 0.256 e. The Morgan fingerprint density at radius 2 is 2.24 bits per heavy atom. The minimum atomic E-state index is -0.225. The number of carbonyl (C=O) groups excluding carboxylic acids is 1. The van der Waals surface area contributed by atoms with Crippen molar-refractivity contribution in [1.29, 1.82) is 0 Å². The van der Waals surface area contributed by atoms with Gasteiger partial charge in [-0.15, -0.1) is 6.42 Å². The highest BCUT2D eigenvalue weighted by atomic mass is 16.5. The van der Waals surface area contributed by atoms with Crippen LogP contribution in [0.3, 0.4) is 0 Å². The van der Waals surface area contributed by atoms with Crippen molar-refractivity contribution >= 4 is 5.91 Å². The number of nitrogens with one attached hydrogen (secondary N) is 1. The van der Waals surface area contributed by atoms with Crippen molar-refractivity contribution in [3.63, 3.8) is 0 Å². The lowest BCUT2D eigenvalue weighted by atomic mass is 10.1. The van der Waals surface area contributed by atoms with E-state index in [9.17, 15) is 4.79 Å². The Morgan fingerprint density at radius 3 is 2.82 bits per heavy atom. The Morgan fingerprint density at radius 1 is 1.53 bits per heavy atom. The molecule has 0 aliphatic rings. The van der Waals surface area contributed by atoms with Gasteiger partial charge in [0.15, 0.2) is 0 Å². The first-order chi connectivity index (χ1) is 8.22. The molecule has 0 saturated carbocycles. The molecule has 1 aromatic rings. The van der Waals surface area contributed by atoms with Crippen molar-refractivity contribution in [3.8, 4) is 18.1 Å². The van der Waals surface area contributed by atoms with E-state index in [0.29, 0.717) is 11.3 Å². The lowest BCUT2D eigenvalue weighted by molar-refractivity contribution is 0.0941. The summed E-state index contributed by atoms with van der Waals surface area (Å²) in [5, 5.41) is 2.80. The van der Waals surface area contributed by atoms with Gasteiger partial charge in [-0.1, -0.05) is 31.4 Å². The van der Waals surface area contributed by atoms with Crippen LogP contribution in [0.4, 0.5) is 0 Å². The smallest absolute Gasteiger partial charge is 0.256 e. The molecule has 3 nitrogen and oxygen atoms in total. The van der Waals surface area contributed by atoms with Gasteiger partial charge in [-0.3, -0.25) is 4.79 Å². The van der Waals surface area contributed by atoms with E-state index in [1.54, 1.807) is 18.2 Å². The van der Waals surface area contributed by atoms with Gasteiger partial charge in [0.1, 0.15) is 5.75 Å². The van der Waals surface area contributed by atoms with E-state index in [1.807, 2.05) is 13.0 Å². The normalized spacial score (nSPS) is 11.4. The van der Waals surface area contributed by atoms with Crippen molar-refractivity contribution in [2.75, 3.05) is 7.11 Å². The number of para-hydroxylation sites is 1. The number of amides is 1. The van der Waals surface area contributed by atoms with Gasteiger partial charge in [-0.25, -0.2) is 0 Å². The number of methoxy groups -OCH3 is 1. The third kappa shape index (κ3) is 3.53. The van der Waals surface area contributed by atoms with Gasteiger partial charge >= 0.3 is 0 Å². The molecule has 0 aliphatic heterocycles. The number of hydrogen-bond donors (Lipinski definition) is 1. The van der Waals surface area contributed by atoms with Gasteiger partial charge < -0.3 is 10.1 Å². The van der Waals surface area contributed by atoms with Crippen LogP contribution in [0.25, 0.3) is 0 Å². The molecule has 3 heteroatoms. The largest absolute Gasteiger partial charge is 0.496 e. The standard InChI is InChI=1S/C14H17NO2/c1-4-8-11(5-2)15-14(16)12-9-6-7-10-13(12)17-3/h2,6-7,9-11H,4,8H2,1,3H3,(H,15,16)/t11-/m0/s1. The predicted octanol–water partition coefficient (Wildman–Crippen LogP) is 2.23. The molecular formula is C14H17NO2. The summed E-state index contributed by atoms with van der Waals surface area (Å²) >= 11 is 0. The van der Waals surface area contributed by atoms with E-state index >= 15 is 0 Å². The number of ether oxygens (including phenoxy) is 1. The summed E-state index contributed by atoms with van der Waals surface area (Å²) in [5.74, 6) is 2.93. The van der Waals surface area contributed by atoms with Crippen molar-refractivity contribution in [3.05, 3.63) is 29.8 Å². The maximum absolute atomic E-state index is 12.0. The summed E-state index contributed by atoms with van der Waals surface area (Å²) in [6, 6.07) is 6.85. The summed E-state index contributed by atoms with van der Waals surface area (Å²) in [6.07, 6.45) is 7.07. The lowest BCUT2D eigenvalue weighted by Crippen LogP contribution is -2.33. The lowest BCUT2D eigenvalue weighted by Gasteiger charge is -2.13. The van der Waals surface area contributed by atoms with Crippen LogP contribution in [-0.4, -0.2) is 19.1 Å². The second-order valence-electron chi connectivity index (χ2n) is 3.68. The molecule has 17 heavy (non-hydrogen) atoms. The molecule has 1 aromatic carbocycles. The number of hydrogen-bond acceptors (Lipinski definition) is 2. The molecule has 0 aromatic heterocycles. The Labute approximate surface area is 102 Å². The molecule has 90 valence electrons. The fourth-order valence-electron chi connectivity index (χ4n) is 1.55. The van der Waals surface area contributed by atoms with Crippen LogP contribution in [0.1, 0.15) is 30.1 Å². The second-order valence-corrected chi connectivity index (χ2v) is 3.68. The average molecular weight is 231 g/mol. The van der Waals surface area contributed by atoms with Gasteiger partial charge in [0.05, 0.1) is 18.7 Å². The van der Waals surface area contributed by atoms with E-state index in [0.717, 1.165) is 12.8 Å². The van der Waals surface area contributed by atoms with Crippen LogP contribution in [0, 0.1) is 12.3 Å². The molecule has 1 rings (SSSR count). The van der Waals surface area contributed by atoms with Gasteiger partial charge in [-0.05, 0) is 18.6 Å². The van der Waals surface area contributed by atoms with Crippen molar-refractivity contribution in [1.82, 2.24) is 5.32 Å². The van der Waals surface area contributed by atoms with E-state index in [4.69, 9.17) is 11.2 Å². The van der Waals surface area contributed by atoms with E-state index in [1.165, 1.54) is 7.11 Å². The third-order valence-corrected chi connectivity index (χ3v) is 2.44. The van der Waals surface area contributed by atoms with E-state index in [-0.39, 0.29) is 11.9 Å². The van der Waals surface area contributed by atoms with Gasteiger partial charge in [0, 0.05) is 0 Å². The topological polar surface area (TPSA) is 38.3 Å². The molecular weight excluding hydrogens is 214 g/mol. The van der Waals surface area contributed by atoms with Crippen LogP contribution in [0.15, 0.2) is 24.3 Å². The quantitative estimate of drug-likeness (QED) is 0.789. The number of rotatable bonds is 5. The number of carbonyl (C=O) groups is 1. The molecule has 1 atom stereocenters. The number of terminal acetylenes is 1. The van der Waals surface area contributed by atoms with Gasteiger partial charge in [0.25, 0.3) is 5.91 Å². The van der Waals surface area contributed by atoms with Crippen LogP contribution < -0.4 is 10.1 Å². The molecule has 0 heterocycles. The third-order valence-electron chi connectivity index (χ3n) is 2.44. The summed E-state index contributed by atoms with van der Waals surface area (Å²) in [4.78, 5) is 12.0. The first kappa shape index (κ1) is 13.1. The summed E-state index contributed by atoms with van der Waals surface area (Å²) in [7, 11) is 1.54. The van der Waals surface area contributed by atoms with Crippen molar-refractivity contribution < 1.29 is 9.53 Å². The Kier molecular flexibility index (Phi) is 5.09. The molecule has 0 unspecified atom stereocenters. The second kappa shape index (κ2) is 6.59. The molecule has 0 spiro atoms. The maximum atomic E-state index is 12.0. The van der Waals surface area contributed by atoms with Crippen LogP contribution in [-0.2, 0) is 0 Å². The average Bonchev–Trinajstić information content (AvgIpc) is 2.38. The van der Waals surface area contributed by atoms with Gasteiger partial charge in [0.2, 0.25) is 0 Å². The first-order valence-electron chi connectivity index (χ1n) is 5.63. The van der Waals surface area contributed by atoms with Crippen LogP contribution >= 0.6 is 0 Å². The highest BCUT2D eigenvalue weighted by molar-refractivity contribution is 5.97. The molecule has 0 radical (unpaired) electrons. The molecule has 0 aliphatic carbocycles. The Hall–Kier alpha value is -1.95. The SMILES string of the molecule is C#C[C@@H](CCC)NC(=O)c1ccccc1OC. The first-order valence-corrected chi connectivity index (χ1v) is 5.63. The van der Waals surface area contributed by atoms with E-state index in [2.05, 4.69) is 11.2 Å². The zero-order valence-electron chi connectivity index (χ0n) is 10.2. The Bertz CT molecular complexity index is 420. The molecule has 0 saturated heterocycles. The molecule has 0 bridgehead atoms.